The Morgan fingerprint density at radius 2 is 2.00 bits per heavy atom. The maximum Gasteiger partial charge on any atom is 0.267 e. The highest BCUT2D eigenvalue weighted by Gasteiger charge is 2.08. The van der Waals surface area contributed by atoms with E-state index in [1.165, 1.54) is 6.20 Å². The van der Waals surface area contributed by atoms with Gasteiger partial charge < -0.3 is 10.6 Å². The molecule has 0 radical (unpaired) electrons. The minimum atomic E-state index is -0.449. The van der Waals surface area contributed by atoms with Crippen molar-refractivity contribution in [2.75, 3.05) is 5.32 Å². The van der Waals surface area contributed by atoms with E-state index in [-0.39, 0.29) is 5.57 Å². The Kier molecular flexibility index (Phi) is 5.79. The Bertz CT molecular complexity index is 761. The van der Waals surface area contributed by atoms with Gasteiger partial charge >= 0.3 is 0 Å². The second kappa shape index (κ2) is 8.02. The van der Waals surface area contributed by atoms with E-state index in [1.54, 1.807) is 18.2 Å². The van der Waals surface area contributed by atoms with Crippen molar-refractivity contribution in [1.82, 2.24) is 5.32 Å². The number of halogens is 1. The van der Waals surface area contributed by atoms with E-state index in [4.69, 9.17) is 16.9 Å². The first-order valence-electron chi connectivity index (χ1n) is 7.04. The second-order valence-electron chi connectivity index (χ2n) is 5.00. The third kappa shape index (κ3) is 5.17. The minimum Gasteiger partial charge on any atom is -0.386 e. The van der Waals surface area contributed by atoms with E-state index in [0.29, 0.717) is 17.3 Å². The molecule has 2 aromatic rings. The van der Waals surface area contributed by atoms with Gasteiger partial charge in [0.25, 0.3) is 5.91 Å². The van der Waals surface area contributed by atoms with Crippen molar-refractivity contribution in [3.63, 3.8) is 0 Å². The van der Waals surface area contributed by atoms with E-state index in [9.17, 15) is 4.79 Å². The van der Waals surface area contributed by atoms with Gasteiger partial charge in [-0.15, -0.1) is 0 Å². The number of aryl methyl sites for hydroxylation is 1. The minimum absolute atomic E-state index is 0.00704. The van der Waals surface area contributed by atoms with Crippen LogP contribution < -0.4 is 10.6 Å². The highest BCUT2D eigenvalue weighted by atomic mass is 35.5. The summed E-state index contributed by atoms with van der Waals surface area (Å²) in [4.78, 5) is 12.1. The maximum atomic E-state index is 12.1. The van der Waals surface area contributed by atoms with Gasteiger partial charge in [0.2, 0.25) is 0 Å². The van der Waals surface area contributed by atoms with E-state index >= 15 is 0 Å². The number of carbonyl (C=O) groups excluding carboxylic acids is 1. The largest absolute Gasteiger partial charge is 0.386 e. The van der Waals surface area contributed by atoms with Crippen molar-refractivity contribution in [1.29, 1.82) is 5.26 Å². The fourth-order valence-corrected chi connectivity index (χ4v) is 2.11. The molecule has 0 saturated heterocycles. The van der Waals surface area contributed by atoms with Crippen LogP contribution in [0.3, 0.4) is 0 Å². The Morgan fingerprint density at radius 1 is 1.26 bits per heavy atom. The van der Waals surface area contributed by atoms with Crippen LogP contribution in [0.2, 0.25) is 5.02 Å². The lowest BCUT2D eigenvalue weighted by Crippen LogP contribution is -2.16. The van der Waals surface area contributed by atoms with Gasteiger partial charge in [-0.05, 0) is 36.8 Å². The van der Waals surface area contributed by atoms with Gasteiger partial charge in [0.05, 0.1) is 0 Å². The number of nitriles is 1. The molecule has 23 heavy (non-hydrogen) atoms. The van der Waals surface area contributed by atoms with Crippen LogP contribution in [-0.4, -0.2) is 5.91 Å². The molecule has 0 bridgehead atoms. The van der Waals surface area contributed by atoms with Gasteiger partial charge in [0, 0.05) is 23.5 Å². The molecule has 0 atom stereocenters. The van der Waals surface area contributed by atoms with E-state index in [2.05, 4.69) is 10.6 Å². The van der Waals surface area contributed by atoms with Crippen molar-refractivity contribution in [3.05, 3.63) is 76.5 Å². The van der Waals surface area contributed by atoms with Crippen LogP contribution in [-0.2, 0) is 11.3 Å². The molecule has 0 spiro atoms. The van der Waals surface area contributed by atoms with E-state index in [1.807, 2.05) is 43.3 Å². The third-order valence-electron chi connectivity index (χ3n) is 3.12. The van der Waals surface area contributed by atoms with Crippen molar-refractivity contribution >= 4 is 23.2 Å². The normalized spacial score (nSPS) is 10.7. The molecule has 0 heterocycles. The fourth-order valence-electron chi connectivity index (χ4n) is 1.90. The average molecular weight is 326 g/mol. The first-order chi connectivity index (χ1) is 11.1. The summed E-state index contributed by atoms with van der Waals surface area (Å²) in [6.07, 6.45) is 1.41. The topological polar surface area (TPSA) is 64.9 Å². The lowest BCUT2D eigenvalue weighted by atomic mass is 10.2. The Labute approximate surface area is 140 Å². The molecule has 116 valence electrons. The van der Waals surface area contributed by atoms with Crippen LogP contribution in [0.1, 0.15) is 11.1 Å². The van der Waals surface area contributed by atoms with Crippen LogP contribution in [0.5, 0.6) is 0 Å². The molecule has 0 aromatic heterocycles. The Hall–Kier alpha value is -2.77. The molecule has 5 heteroatoms. The summed E-state index contributed by atoms with van der Waals surface area (Å²) in [5.74, 6) is -0.449. The van der Waals surface area contributed by atoms with Crippen LogP contribution in [0, 0.1) is 18.3 Å². The van der Waals surface area contributed by atoms with Crippen LogP contribution in [0.4, 0.5) is 5.69 Å². The molecule has 0 aliphatic rings. The summed E-state index contributed by atoms with van der Waals surface area (Å²) < 4.78 is 0. The van der Waals surface area contributed by atoms with Crippen LogP contribution in [0.15, 0.2) is 60.3 Å². The zero-order valence-corrected chi connectivity index (χ0v) is 13.4. The lowest BCUT2D eigenvalue weighted by molar-refractivity contribution is -0.112. The van der Waals surface area contributed by atoms with E-state index < -0.39 is 5.91 Å². The summed E-state index contributed by atoms with van der Waals surface area (Å²) in [7, 11) is 0. The molecule has 2 rings (SSSR count). The molecular formula is C18H16ClN3O. The third-order valence-corrected chi connectivity index (χ3v) is 3.35. The van der Waals surface area contributed by atoms with Crippen molar-refractivity contribution < 1.29 is 4.79 Å². The summed E-state index contributed by atoms with van der Waals surface area (Å²) in [6.45, 7) is 2.44. The molecule has 2 aromatic carbocycles. The molecule has 4 nitrogen and oxygen atoms in total. The van der Waals surface area contributed by atoms with Crippen molar-refractivity contribution in [3.8, 4) is 6.07 Å². The summed E-state index contributed by atoms with van der Waals surface area (Å²) in [5, 5.41) is 15.4. The molecule has 1 amide bonds. The highest BCUT2D eigenvalue weighted by molar-refractivity contribution is 6.30. The Balaban J connectivity index is 1.96. The fraction of sp³-hybridized carbons (Fsp3) is 0.111. The number of nitrogens with zero attached hydrogens (tertiary/aromatic N) is 1. The van der Waals surface area contributed by atoms with Crippen molar-refractivity contribution in [2.24, 2.45) is 0 Å². The quantitative estimate of drug-likeness (QED) is 0.649. The predicted octanol–water partition coefficient (Wildman–Crippen LogP) is 3.78. The molecule has 0 saturated carbocycles. The zero-order chi connectivity index (χ0) is 16.7. The van der Waals surface area contributed by atoms with Gasteiger partial charge in [-0.1, -0.05) is 41.4 Å². The molecular weight excluding hydrogens is 310 g/mol. The SMILES string of the molecule is Cc1ccc(NC(=O)/C(C#N)=C\NCc2cccc(Cl)c2)cc1. The number of hydrogen-bond donors (Lipinski definition) is 2. The van der Waals surface area contributed by atoms with Crippen LogP contribution >= 0.6 is 11.6 Å². The molecule has 2 N–H and O–H groups in total. The van der Waals surface area contributed by atoms with Gasteiger partial charge in [-0.3, -0.25) is 4.79 Å². The maximum absolute atomic E-state index is 12.1. The van der Waals surface area contributed by atoms with Gasteiger partial charge in [-0.25, -0.2) is 0 Å². The van der Waals surface area contributed by atoms with Crippen LogP contribution in [0.25, 0.3) is 0 Å². The summed E-state index contributed by atoms with van der Waals surface area (Å²) in [6, 6.07) is 16.6. The number of rotatable bonds is 5. The highest BCUT2D eigenvalue weighted by Crippen LogP contribution is 2.11. The Morgan fingerprint density at radius 3 is 2.65 bits per heavy atom. The second-order valence-corrected chi connectivity index (χ2v) is 5.44. The summed E-state index contributed by atoms with van der Waals surface area (Å²) in [5.41, 5.74) is 2.72. The monoisotopic (exact) mass is 325 g/mol. The number of amides is 1. The smallest absolute Gasteiger partial charge is 0.267 e. The predicted molar refractivity (Wildman–Crippen MR) is 91.8 cm³/mol. The average Bonchev–Trinajstić information content (AvgIpc) is 2.54. The molecule has 0 aliphatic carbocycles. The number of anilines is 1. The first kappa shape index (κ1) is 16.6. The number of nitrogens with one attached hydrogen (secondary N) is 2. The molecule has 0 aliphatic heterocycles. The van der Waals surface area contributed by atoms with Gasteiger partial charge in [-0.2, -0.15) is 5.26 Å². The number of carbonyl (C=O) groups is 1. The standard InChI is InChI=1S/C18H16ClN3O/c1-13-5-7-17(8-6-13)22-18(23)15(10-20)12-21-11-14-3-2-4-16(19)9-14/h2-9,12,21H,11H2,1H3,(H,22,23)/b15-12-. The van der Waals surface area contributed by atoms with E-state index in [0.717, 1.165) is 11.1 Å². The lowest BCUT2D eigenvalue weighted by Gasteiger charge is -2.06. The first-order valence-corrected chi connectivity index (χ1v) is 7.42. The zero-order valence-electron chi connectivity index (χ0n) is 12.6. The number of benzene rings is 2. The van der Waals surface area contributed by atoms with Gasteiger partial charge in [0.15, 0.2) is 0 Å². The van der Waals surface area contributed by atoms with Crippen molar-refractivity contribution in [2.45, 2.75) is 13.5 Å². The molecule has 0 unspecified atom stereocenters. The summed E-state index contributed by atoms with van der Waals surface area (Å²) >= 11 is 5.91. The van der Waals surface area contributed by atoms with Gasteiger partial charge in [0.1, 0.15) is 11.6 Å². The molecule has 0 fully saturated rings. The number of hydrogen-bond acceptors (Lipinski definition) is 3.